The first-order valence-electron chi connectivity index (χ1n) is 10.00. The summed E-state index contributed by atoms with van der Waals surface area (Å²) in [6.45, 7) is 2.44. The molecule has 1 N–H and O–H groups in total. The third-order valence-corrected chi connectivity index (χ3v) is 6.94. The molecule has 9 heteroatoms. The molecule has 31 heavy (non-hydrogen) atoms. The van der Waals surface area contributed by atoms with E-state index in [0.29, 0.717) is 30.2 Å². The van der Waals surface area contributed by atoms with E-state index < -0.39 is 10.0 Å². The molecule has 0 fully saturated rings. The number of ether oxygens (including phenoxy) is 3. The standard InChI is InChI=1S/C22H28N2O6S/c1-16-5-4-6-19(11-16)30-15-22(25)23-8-10-31(26,27)24-9-7-17-12-20(28-2)21(29-3)13-18(17)14-24/h4-6,11-13H,7-10,14-15H2,1-3H3,(H,23,25). The van der Waals surface area contributed by atoms with Gasteiger partial charge >= 0.3 is 0 Å². The molecule has 1 aliphatic rings. The van der Waals surface area contributed by atoms with Gasteiger partial charge in [-0.2, -0.15) is 4.31 Å². The van der Waals surface area contributed by atoms with Crippen molar-refractivity contribution in [3.8, 4) is 17.2 Å². The second-order valence-electron chi connectivity index (χ2n) is 7.33. The summed E-state index contributed by atoms with van der Waals surface area (Å²) in [5.41, 5.74) is 2.97. The summed E-state index contributed by atoms with van der Waals surface area (Å²) in [4.78, 5) is 12.0. The Morgan fingerprint density at radius 2 is 1.81 bits per heavy atom. The van der Waals surface area contributed by atoms with Gasteiger partial charge in [0.2, 0.25) is 10.0 Å². The summed E-state index contributed by atoms with van der Waals surface area (Å²) >= 11 is 0. The molecule has 0 saturated heterocycles. The number of carbonyl (C=O) groups is 1. The molecule has 0 saturated carbocycles. The van der Waals surface area contributed by atoms with Gasteiger partial charge in [-0.05, 0) is 54.3 Å². The van der Waals surface area contributed by atoms with E-state index in [9.17, 15) is 13.2 Å². The Labute approximate surface area is 183 Å². The number of carbonyl (C=O) groups excluding carboxylic acids is 1. The number of sulfonamides is 1. The van der Waals surface area contributed by atoms with Crippen LogP contribution in [0.4, 0.5) is 0 Å². The minimum atomic E-state index is -3.52. The molecule has 2 aromatic carbocycles. The Morgan fingerprint density at radius 3 is 2.48 bits per heavy atom. The Balaban J connectivity index is 1.51. The molecule has 0 aliphatic carbocycles. The second-order valence-corrected chi connectivity index (χ2v) is 9.42. The van der Waals surface area contributed by atoms with Gasteiger partial charge in [-0.25, -0.2) is 8.42 Å². The maximum absolute atomic E-state index is 12.8. The largest absolute Gasteiger partial charge is 0.493 e. The van der Waals surface area contributed by atoms with Gasteiger partial charge in [0.1, 0.15) is 5.75 Å². The first-order chi connectivity index (χ1) is 14.8. The number of methoxy groups -OCH3 is 2. The number of hydrogen-bond acceptors (Lipinski definition) is 6. The lowest BCUT2D eigenvalue weighted by Gasteiger charge is -2.29. The highest BCUT2D eigenvalue weighted by Gasteiger charge is 2.27. The molecule has 2 aromatic rings. The fraction of sp³-hybridized carbons (Fsp3) is 0.409. The average molecular weight is 449 g/mol. The summed E-state index contributed by atoms with van der Waals surface area (Å²) < 4.78 is 43.0. The van der Waals surface area contributed by atoms with E-state index in [-0.39, 0.29) is 31.4 Å². The summed E-state index contributed by atoms with van der Waals surface area (Å²) in [6, 6.07) is 11.1. The van der Waals surface area contributed by atoms with Crippen molar-refractivity contribution in [2.75, 3.05) is 39.7 Å². The molecular formula is C22H28N2O6S. The molecule has 168 valence electrons. The Bertz CT molecular complexity index is 1040. The molecule has 0 spiro atoms. The maximum Gasteiger partial charge on any atom is 0.257 e. The summed E-state index contributed by atoms with van der Waals surface area (Å²) in [6.07, 6.45) is 0.589. The van der Waals surface area contributed by atoms with Crippen molar-refractivity contribution >= 4 is 15.9 Å². The van der Waals surface area contributed by atoms with Crippen LogP contribution in [0, 0.1) is 6.92 Å². The highest BCUT2D eigenvalue weighted by Crippen LogP contribution is 2.33. The quantitative estimate of drug-likeness (QED) is 0.630. The third kappa shape index (κ3) is 5.89. The van der Waals surface area contributed by atoms with Crippen molar-refractivity contribution in [1.82, 2.24) is 9.62 Å². The summed E-state index contributed by atoms with van der Waals surface area (Å²) in [7, 11) is -0.402. The smallest absolute Gasteiger partial charge is 0.257 e. The Kier molecular flexibility index (Phi) is 7.40. The van der Waals surface area contributed by atoms with Crippen molar-refractivity contribution in [3.63, 3.8) is 0 Å². The number of rotatable bonds is 9. The first-order valence-corrected chi connectivity index (χ1v) is 11.6. The van der Waals surface area contributed by atoms with Gasteiger partial charge < -0.3 is 19.5 Å². The molecule has 0 radical (unpaired) electrons. The molecule has 0 bridgehead atoms. The van der Waals surface area contributed by atoms with Crippen molar-refractivity contribution in [2.24, 2.45) is 0 Å². The minimum absolute atomic E-state index is 0.0215. The Morgan fingerprint density at radius 1 is 1.10 bits per heavy atom. The zero-order chi connectivity index (χ0) is 22.4. The van der Waals surface area contributed by atoms with E-state index >= 15 is 0 Å². The van der Waals surface area contributed by atoms with Crippen molar-refractivity contribution in [2.45, 2.75) is 19.9 Å². The van der Waals surface area contributed by atoms with Crippen LogP contribution in [0.3, 0.4) is 0 Å². The second kappa shape index (κ2) is 10.0. The van der Waals surface area contributed by atoms with E-state index in [2.05, 4.69) is 5.32 Å². The Hall–Kier alpha value is -2.78. The normalized spacial score (nSPS) is 13.9. The van der Waals surface area contributed by atoms with Crippen LogP contribution in [0.1, 0.15) is 16.7 Å². The van der Waals surface area contributed by atoms with Crippen molar-refractivity contribution in [3.05, 3.63) is 53.1 Å². The average Bonchev–Trinajstić information content (AvgIpc) is 2.76. The van der Waals surface area contributed by atoms with E-state index in [1.807, 2.05) is 37.3 Å². The lowest BCUT2D eigenvalue weighted by Crippen LogP contribution is -2.41. The number of hydrogen-bond donors (Lipinski definition) is 1. The van der Waals surface area contributed by atoms with E-state index in [1.165, 1.54) is 4.31 Å². The van der Waals surface area contributed by atoms with Crippen molar-refractivity contribution < 1.29 is 27.4 Å². The van der Waals surface area contributed by atoms with E-state index in [0.717, 1.165) is 16.7 Å². The van der Waals surface area contributed by atoms with Gasteiger partial charge in [0.25, 0.3) is 5.91 Å². The van der Waals surface area contributed by atoms with Crippen LogP contribution in [-0.4, -0.2) is 58.3 Å². The van der Waals surface area contributed by atoms with Crippen LogP contribution >= 0.6 is 0 Å². The van der Waals surface area contributed by atoms with Crippen LogP contribution in [-0.2, 0) is 27.8 Å². The van der Waals surface area contributed by atoms with Gasteiger partial charge in [-0.3, -0.25) is 4.79 Å². The molecular weight excluding hydrogens is 420 g/mol. The van der Waals surface area contributed by atoms with E-state index in [1.54, 1.807) is 20.3 Å². The van der Waals surface area contributed by atoms with Crippen LogP contribution in [0.15, 0.2) is 36.4 Å². The van der Waals surface area contributed by atoms with Gasteiger partial charge in [0.15, 0.2) is 18.1 Å². The number of nitrogens with one attached hydrogen (secondary N) is 1. The van der Waals surface area contributed by atoms with E-state index in [4.69, 9.17) is 14.2 Å². The zero-order valence-electron chi connectivity index (χ0n) is 18.0. The SMILES string of the molecule is COc1cc2c(cc1OC)CN(S(=O)(=O)CCNC(=O)COc1cccc(C)c1)CC2. The molecule has 8 nitrogen and oxygen atoms in total. The lowest BCUT2D eigenvalue weighted by atomic mass is 10.0. The number of nitrogens with zero attached hydrogens (tertiary/aromatic N) is 1. The van der Waals surface area contributed by atoms with Gasteiger partial charge in [0, 0.05) is 19.6 Å². The van der Waals surface area contributed by atoms with Gasteiger partial charge in [0.05, 0.1) is 20.0 Å². The van der Waals surface area contributed by atoms with Gasteiger partial charge in [-0.1, -0.05) is 12.1 Å². The first kappa shape index (κ1) is 22.9. The molecule has 3 rings (SSSR count). The van der Waals surface area contributed by atoms with Crippen LogP contribution in [0.5, 0.6) is 17.2 Å². The lowest BCUT2D eigenvalue weighted by molar-refractivity contribution is -0.122. The molecule has 1 amide bonds. The number of amides is 1. The molecule has 1 heterocycles. The zero-order valence-corrected chi connectivity index (χ0v) is 18.8. The highest BCUT2D eigenvalue weighted by molar-refractivity contribution is 7.89. The fourth-order valence-corrected chi connectivity index (χ4v) is 4.77. The van der Waals surface area contributed by atoms with Crippen LogP contribution in [0.2, 0.25) is 0 Å². The van der Waals surface area contributed by atoms with Gasteiger partial charge in [-0.15, -0.1) is 0 Å². The predicted octanol–water partition coefficient (Wildman–Crippen LogP) is 1.90. The van der Waals surface area contributed by atoms with Crippen LogP contribution in [0.25, 0.3) is 0 Å². The molecule has 1 aliphatic heterocycles. The monoisotopic (exact) mass is 448 g/mol. The number of aryl methyl sites for hydroxylation is 1. The van der Waals surface area contributed by atoms with Crippen molar-refractivity contribution in [1.29, 1.82) is 0 Å². The van der Waals surface area contributed by atoms with Crippen LogP contribution < -0.4 is 19.5 Å². The summed E-state index contributed by atoms with van der Waals surface area (Å²) in [5.74, 6) is 1.26. The predicted molar refractivity (Wildman–Crippen MR) is 117 cm³/mol. The molecule has 0 unspecified atom stereocenters. The fourth-order valence-electron chi connectivity index (χ4n) is 3.45. The number of fused-ring (bicyclic) bond motifs is 1. The minimum Gasteiger partial charge on any atom is -0.493 e. The summed E-state index contributed by atoms with van der Waals surface area (Å²) in [5, 5.41) is 2.61. The topological polar surface area (TPSA) is 94.2 Å². The highest BCUT2D eigenvalue weighted by atomic mass is 32.2. The molecule has 0 atom stereocenters. The number of benzene rings is 2. The maximum atomic E-state index is 12.8. The molecule has 0 aromatic heterocycles. The third-order valence-electron chi connectivity index (χ3n) is 5.12.